The van der Waals surface area contributed by atoms with E-state index in [-0.39, 0.29) is 0 Å². The summed E-state index contributed by atoms with van der Waals surface area (Å²) in [6.45, 7) is 5.57. The zero-order chi connectivity index (χ0) is 10.7. The number of rotatable bonds is 6. The van der Waals surface area contributed by atoms with E-state index in [1.54, 1.807) is 11.3 Å². The smallest absolute Gasteiger partial charge is 0.0928 e. The number of aromatic nitrogens is 1. The molecule has 1 saturated carbocycles. The molecule has 0 amide bonds. The van der Waals surface area contributed by atoms with Crippen molar-refractivity contribution < 1.29 is 0 Å². The van der Waals surface area contributed by atoms with Crippen LogP contribution in [0.5, 0.6) is 0 Å². The van der Waals surface area contributed by atoms with E-state index in [1.807, 2.05) is 0 Å². The molecule has 0 spiro atoms. The number of nitrogens with zero attached hydrogens (tertiary/aromatic N) is 1. The molecule has 2 nitrogen and oxygen atoms in total. The summed E-state index contributed by atoms with van der Waals surface area (Å²) in [4.78, 5) is 4.49. The average molecular weight is 224 g/mol. The van der Waals surface area contributed by atoms with Gasteiger partial charge >= 0.3 is 0 Å². The van der Waals surface area contributed by atoms with Crippen LogP contribution in [0.15, 0.2) is 5.38 Å². The molecule has 84 valence electrons. The van der Waals surface area contributed by atoms with Crippen molar-refractivity contribution in [2.45, 2.75) is 45.6 Å². The van der Waals surface area contributed by atoms with Crippen LogP contribution in [-0.2, 0) is 6.42 Å². The molecule has 1 aliphatic carbocycles. The van der Waals surface area contributed by atoms with Crippen LogP contribution in [0.3, 0.4) is 0 Å². The van der Waals surface area contributed by atoms with E-state index in [0.717, 1.165) is 18.4 Å². The van der Waals surface area contributed by atoms with Crippen molar-refractivity contribution in [3.05, 3.63) is 16.1 Å². The molecule has 0 saturated heterocycles. The molecule has 15 heavy (non-hydrogen) atoms. The van der Waals surface area contributed by atoms with Crippen molar-refractivity contribution in [3.63, 3.8) is 0 Å². The zero-order valence-corrected chi connectivity index (χ0v) is 10.4. The molecule has 1 fully saturated rings. The Labute approximate surface area is 96.1 Å². The molecule has 3 heteroatoms. The molecule has 1 unspecified atom stereocenters. The third kappa shape index (κ3) is 3.92. The Kier molecular flexibility index (Phi) is 3.76. The molecule has 0 aromatic carbocycles. The first-order valence-corrected chi connectivity index (χ1v) is 6.76. The summed E-state index contributed by atoms with van der Waals surface area (Å²) in [7, 11) is 0. The second-order valence-electron chi connectivity index (χ2n) is 4.71. The van der Waals surface area contributed by atoms with Crippen molar-refractivity contribution in [2.24, 2.45) is 5.92 Å². The minimum Gasteiger partial charge on any atom is -0.314 e. The Morgan fingerprint density at radius 2 is 2.40 bits per heavy atom. The van der Waals surface area contributed by atoms with E-state index >= 15 is 0 Å². The summed E-state index contributed by atoms with van der Waals surface area (Å²) in [5.41, 5.74) is 1.17. The Morgan fingerprint density at radius 3 is 3.00 bits per heavy atom. The molecule has 2 rings (SSSR count). The zero-order valence-electron chi connectivity index (χ0n) is 9.62. The third-order valence-corrected chi connectivity index (χ3v) is 3.88. The summed E-state index contributed by atoms with van der Waals surface area (Å²) in [5.74, 6) is 0.773. The monoisotopic (exact) mass is 224 g/mol. The molecule has 1 N–H and O–H groups in total. The van der Waals surface area contributed by atoms with Gasteiger partial charge in [-0.15, -0.1) is 11.3 Å². The van der Waals surface area contributed by atoms with Crippen molar-refractivity contribution >= 4 is 11.3 Å². The van der Waals surface area contributed by atoms with Crippen molar-refractivity contribution in [2.75, 3.05) is 6.54 Å². The normalized spacial score (nSPS) is 18.0. The van der Waals surface area contributed by atoms with Crippen LogP contribution in [0.2, 0.25) is 0 Å². The molecule has 1 aromatic rings. The molecule has 1 heterocycles. The van der Waals surface area contributed by atoms with E-state index in [1.165, 1.54) is 36.5 Å². The first-order valence-electron chi connectivity index (χ1n) is 5.88. The van der Waals surface area contributed by atoms with Gasteiger partial charge in [0.15, 0.2) is 0 Å². The van der Waals surface area contributed by atoms with Gasteiger partial charge in [-0.25, -0.2) is 4.98 Å². The Morgan fingerprint density at radius 1 is 1.60 bits per heavy atom. The van der Waals surface area contributed by atoms with Crippen LogP contribution in [0.1, 0.15) is 36.9 Å². The average Bonchev–Trinajstić information content (AvgIpc) is 2.95. The van der Waals surface area contributed by atoms with E-state index in [4.69, 9.17) is 0 Å². The summed E-state index contributed by atoms with van der Waals surface area (Å²) in [6.07, 6.45) is 5.18. The number of hydrogen-bond acceptors (Lipinski definition) is 3. The summed E-state index contributed by atoms with van der Waals surface area (Å²) < 4.78 is 0. The minimum atomic E-state index is 0.773. The summed E-state index contributed by atoms with van der Waals surface area (Å²) in [6, 6.07) is 0.842. The second-order valence-corrected chi connectivity index (χ2v) is 5.65. The fourth-order valence-corrected chi connectivity index (χ4v) is 2.44. The van der Waals surface area contributed by atoms with Gasteiger partial charge in [0.2, 0.25) is 0 Å². The maximum atomic E-state index is 4.49. The highest BCUT2D eigenvalue weighted by atomic mass is 32.1. The molecular weight excluding hydrogens is 204 g/mol. The van der Waals surface area contributed by atoms with Gasteiger partial charge in [-0.05, 0) is 45.1 Å². The van der Waals surface area contributed by atoms with Gasteiger partial charge in [0.25, 0.3) is 0 Å². The number of aryl methyl sites for hydroxylation is 2. The van der Waals surface area contributed by atoms with E-state index < -0.39 is 0 Å². The fourth-order valence-electron chi connectivity index (χ4n) is 1.64. The van der Waals surface area contributed by atoms with Crippen LogP contribution < -0.4 is 5.32 Å². The number of thiazole rings is 1. The highest BCUT2D eigenvalue weighted by Crippen LogP contribution is 2.19. The lowest BCUT2D eigenvalue weighted by atomic mass is 10.1. The van der Waals surface area contributed by atoms with Crippen molar-refractivity contribution in [1.82, 2.24) is 10.3 Å². The van der Waals surface area contributed by atoms with Crippen molar-refractivity contribution in [3.8, 4) is 0 Å². The first-order chi connectivity index (χ1) is 7.24. The summed E-state index contributed by atoms with van der Waals surface area (Å²) in [5, 5.41) is 7.02. The standard InChI is InChI=1S/C12H20N2S/c1-9(7-13-11-4-5-11)3-6-12-14-10(2)8-15-12/h8-9,11,13H,3-7H2,1-2H3. The topological polar surface area (TPSA) is 24.9 Å². The van der Waals surface area contributed by atoms with Gasteiger partial charge in [-0.3, -0.25) is 0 Å². The van der Waals surface area contributed by atoms with Gasteiger partial charge in [0.1, 0.15) is 0 Å². The predicted octanol–water partition coefficient (Wildman–Crippen LogP) is 2.77. The van der Waals surface area contributed by atoms with Gasteiger partial charge in [-0.1, -0.05) is 6.92 Å². The third-order valence-electron chi connectivity index (χ3n) is 2.85. The molecule has 0 bridgehead atoms. The lowest BCUT2D eigenvalue weighted by molar-refractivity contribution is 0.479. The fraction of sp³-hybridized carbons (Fsp3) is 0.750. The van der Waals surface area contributed by atoms with Crippen LogP contribution in [0, 0.1) is 12.8 Å². The van der Waals surface area contributed by atoms with E-state index in [9.17, 15) is 0 Å². The van der Waals surface area contributed by atoms with Crippen molar-refractivity contribution in [1.29, 1.82) is 0 Å². The lowest BCUT2D eigenvalue weighted by Crippen LogP contribution is -2.23. The first kappa shape index (κ1) is 11.1. The van der Waals surface area contributed by atoms with Gasteiger partial charge in [0, 0.05) is 17.1 Å². The van der Waals surface area contributed by atoms with E-state index in [2.05, 4.69) is 29.5 Å². The maximum absolute atomic E-state index is 4.49. The molecular formula is C12H20N2S. The van der Waals surface area contributed by atoms with Gasteiger partial charge in [-0.2, -0.15) is 0 Å². The molecule has 1 aromatic heterocycles. The number of hydrogen-bond donors (Lipinski definition) is 1. The Bertz CT molecular complexity index is 304. The molecule has 1 atom stereocenters. The lowest BCUT2D eigenvalue weighted by Gasteiger charge is -2.10. The van der Waals surface area contributed by atoms with Gasteiger partial charge in [0.05, 0.1) is 5.01 Å². The largest absolute Gasteiger partial charge is 0.314 e. The van der Waals surface area contributed by atoms with Gasteiger partial charge < -0.3 is 5.32 Å². The van der Waals surface area contributed by atoms with E-state index in [0.29, 0.717) is 0 Å². The maximum Gasteiger partial charge on any atom is 0.0928 e. The molecule has 0 radical (unpaired) electrons. The highest BCUT2D eigenvalue weighted by molar-refractivity contribution is 7.09. The van der Waals surface area contributed by atoms with Crippen LogP contribution in [0.4, 0.5) is 0 Å². The Hall–Kier alpha value is -0.410. The van der Waals surface area contributed by atoms with Crippen LogP contribution in [0.25, 0.3) is 0 Å². The second kappa shape index (κ2) is 5.08. The molecule has 1 aliphatic rings. The quantitative estimate of drug-likeness (QED) is 0.803. The highest BCUT2D eigenvalue weighted by Gasteiger charge is 2.20. The molecule has 0 aliphatic heterocycles. The Balaban J connectivity index is 1.63. The van der Waals surface area contributed by atoms with Crippen LogP contribution in [-0.4, -0.2) is 17.6 Å². The SMILES string of the molecule is Cc1csc(CCC(C)CNC2CC2)n1. The number of nitrogens with one attached hydrogen (secondary N) is 1. The summed E-state index contributed by atoms with van der Waals surface area (Å²) >= 11 is 1.80. The van der Waals surface area contributed by atoms with Crippen LogP contribution >= 0.6 is 11.3 Å². The predicted molar refractivity (Wildman–Crippen MR) is 65.4 cm³/mol. The minimum absolute atomic E-state index is 0.773.